The lowest BCUT2D eigenvalue weighted by Gasteiger charge is -2.12. The summed E-state index contributed by atoms with van der Waals surface area (Å²) in [4.78, 5) is 0. The maximum absolute atomic E-state index is 12.1. The predicted octanol–water partition coefficient (Wildman–Crippen LogP) is 2.35. The Morgan fingerprint density at radius 2 is 1.46 bits per heavy atom. The van der Waals surface area contributed by atoms with Crippen LogP contribution in [0.5, 0.6) is 11.5 Å². The van der Waals surface area contributed by atoms with Crippen LogP contribution in [-0.4, -0.2) is 12.5 Å². The predicted molar refractivity (Wildman–Crippen MR) is 37.5 cm³/mol. The SMILES string of the molecule is FC(F)(F)C1Oc2ccccc2O1. The molecule has 1 aromatic rings. The summed E-state index contributed by atoms with van der Waals surface area (Å²) in [6.45, 7) is 0. The number of alkyl halides is 3. The minimum atomic E-state index is -4.49. The van der Waals surface area contributed by atoms with Crippen molar-refractivity contribution in [2.45, 2.75) is 12.5 Å². The third kappa shape index (κ3) is 1.41. The molecule has 1 heterocycles. The molecule has 1 aliphatic heterocycles. The Morgan fingerprint density at radius 3 is 1.85 bits per heavy atom. The average molecular weight is 190 g/mol. The molecule has 0 fully saturated rings. The monoisotopic (exact) mass is 190 g/mol. The Labute approximate surface area is 71.9 Å². The minimum absolute atomic E-state index is 0.129. The summed E-state index contributed by atoms with van der Waals surface area (Å²) in [7, 11) is 0. The maximum Gasteiger partial charge on any atom is 0.464 e. The van der Waals surface area contributed by atoms with Crippen LogP contribution in [0.15, 0.2) is 24.3 Å². The largest absolute Gasteiger partial charge is 0.464 e. The highest BCUT2D eigenvalue weighted by molar-refractivity contribution is 5.41. The van der Waals surface area contributed by atoms with E-state index in [-0.39, 0.29) is 11.5 Å². The smallest absolute Gasteiger partial charge is 0.443 e. The van der Waals surface area contributed by atoms with Crippen LogP contribution < -0.4 is 9.47 Å². The van der Waals surface area contributed by atoms with Gasteiger partial charge in [0.05, 0.1) is 0 Å². The molecule has 0 amide bonds. The van der Waals surface area contributed by atoms with Gasteiger partial charge >= 0.3 is 12.5 Å². The normalized spacial score (nSPS) is 16.2. The Bertz CT molecular complexity index is 296. The van der Waals surface area contributed by atoms with Gasteiger partial charge in [0.25, 0.3) is 0 Å². The van der Waals surface area contributed by atoms with Gasteiger partial charge in [0.2, 0.25) is 0 Å². The van der Waals surface area contributed by atoms with E-state index in [0.717, 1.165) is 0 Å². The van der Waals surface area contributed by atoms with Crippen LogP contribution in [0.4, 0.5) is 13.2 Å². The molecule has 0 spiro atoms. The van der Waals surface area contributed by atoms with Gasteiger partial charge in [-0.3, -0.25) is 0 Å². The molecule has 0 N–H and O–H groups in total. The summed E-state index contributed by atoms with van der Waals surface area (Å²) in [5.74, 6) is 0.259. The molecule has 2 nitrogen and oxygen atoms in total. The summed E-state index contributed by atoms with van der Waals surface area (Å²) in [5, 5.41) is 0. The molecule has 5 heteroatoms. The van der Waals surface area contributed by atoms with Crippen LogP contribution in [0, 0.1) is 0 Å². The second kappa shape index (κ2) is 2.55. The molecule has 0 aliphatic carbocycles. The third-order valence-electron chi connectivity index (χ3n) is 1.58. The second-order valence-electron chi connectivity index (χ2n) is 2.56. The fourth-order valence-electron chi connectivity index (χ4n) is 1.03. The zero-order chi connectivity index (χ0) is 9.47. The third-order valence-corrected chi connectivity index (χ3v) is 1.58. The van der Waals surface area contributed by atoms with E-state index in [1.54, 1.807) is 12.1 Å². The van der Waals surface area contributed by atoms with Crippen molar-refractivity contribution in [3.8, 4) is 11.5 Å². The molecule has 13 heavy (non-hydrogen) atoms. The molecule has 0 atom stereocenters. The number of rotatable bonds is 0. The Morgan fingerprint density at radius 1 is 1.00 bits per heavy atom. The van der Waals surface area contributed by atoms with E-state index < -0.39 is 12.5 Å². The molecule has 1 aromatic carbocycles. The fraction of sp³-hybridized carbons (Fsp3) is 0.250. The highest BCUT2D eigenvalue weighted by Gasteiger charge is 2.47. The van der Waals surface area contributed by atoms with Gasteiger partial charge in [-0.15, -0.1) is 0 Å². The van der Waals surface area contributed by atoms with Gasteiger partial charge in [-0.1, -0.05) is 12.1 Å². The van der Waals surface area contributed by atoms with Crippen molar-refractivity contribution < 1.29 is 22.6 Å². The lowest BCUT2D eigenvalue weighted by Crippen LogP contribution is -2.35. The number of hydrogen-bond donors (Lipinski definition) is 0. The highest BCUT2D eigenvalue weighted by atomic mass is 19.4. The lowest BCUT2D eigenvalue weighted by atomic mass is 10.3. The molecule has 0 saturated heterocycles. The van der Waals surface area contributed by atoms with Gasteiger partial charge < -0.3 is 9.47 Å². The van der Waals surface area contributed by atoms with Crippen LogP contribution in [0.1, 0.15) is 0 Å². The van der Waals surface area contributed by atoms with Gasteiger partial charge in [-0.05, 0) is 12.1 Å². The van der Waals surface area contributed by atoms with Crippen molar-refractivity contribution in [2.75, 3.05) is 0 Å². The summed E-state index contributed by atoms with van der Waals surface area (Å²) in [5.41, 5.74) is 0. The first kappa shape index (κ1) is 8.22. The van der Waals surface area contributed by atoms with E-state index >= 15 is 0 Å². The summed E-state index contributed by atoms with van der Waals surface area (Å²) >= 11 is 0. The van der Waals surface area contributed by atoms with Gasteiger partial charge in [0, 0.05) is 0 Å². The van der Waals surface area contributed by atoms with Crippen LogP contribution in [0.2, 0.25) is 0 Å². The summed E-state index contributed by atoms with van der Waals surface area (Å²) in [6, 6.07) is 6.03. The molecule has 1 aliphatic rings. The first-order chi connectivity index (χ1) is 6.07. The Balaban J connectivity index is 2.23. The fourth-order valence-corrected chi connectivity index (χ4v) is 1.03. The van der Waals surface area contributed by atoms with Crippen LogP contribution in [-0.2, 0) is 0 Å². The number of para-hydroxylation sites is 2. The molecule has 0 aromatic heterocycles. The van der Waals surface area contributed by atoms with Crippen LogP contribution in [0.25, 0.3) is 0 Å². The Hall–Kier alpha value is -1.39. The zero-order valence-corrected chi connectivity index (χ0v) is 6.34. The van der Waals surface area contributed by atoms with E-state index in [9.17, 15) is 13.2 Å². The van der Waals surface area contributed by atoms with Crippen molar-refractivity contribution in [1.29, 1.82) is 0 Å². The zero-order valence-electron chi connectivity index (χ0n) is 6.34. The number of hydrogen-bond acceptors (Lipinski definition) is 2. The van der Waals surface area contributed by atoms with E-state index in [1.165, 1.54) is 12.1 Å². The quantitative estimate of drug-likeness (QED) is 0.625. The average Bonchev–Trinajstić information content (AvgIpc) is 2.45. The first-order valence-corrected chi connectivity index (χ1v) is 3.56. The van der Waals surface area contributed by atoms with E-state index in [4.69, 9.17) is 0 Å². The summed E-state index contributed by atoms with van der Waals surface area (Å²) in [6.07, 6.45) is -6.65. The molecule has 0 bridgehead atoms. The van der Waals surface area contributed by atoms with E-state index in [1.807, 2.05) is 0 Å². The van der Waals surface area contributed by atoms with Crippen LogP contribution in [0.3, 0.4) is 0 Å². The molecule has 2 rings (SSSR count). The maximum atomic E-state index is 12.1. The van der Waals surface area contributed by atoms with Crippen molar-refractivity contribution >= 4 is 0 Å². The molecular weight excluding hydrogens is 185 g/mol. The summed E-state index contributed by atoms with van der Waals surface area (Å²) < 4.78 is 45.3. The van der Waals surface area contributed by atoms with Crippen molar-refractivity contribution in [2.24, 2.45) is 0 Å². The second-order valence-corrected chi connectivity index (χ2v) is 2.56. The van der Waals surface area contributed by atoms with Crippen molar-refractivity contribution in [3.63, 3.8) is 0 Å². The minimum Gasteiger partial charge on any atom is -0.443 e. The molecule has 70 valence electrons. The van der Waals surface area contributed by atoms with Gasteiger partial charge in [-0.25, -0.2) is 0 Å². The molecule has 0 saturated carbocycles. The van der Waals surface area contributed by atoms with Crippen LogP contribution >= 0.6 is 0 Å². The number of benzene rings is 1. The molecule has 0 radical (unpaired) electrons. The number of fused-ring (bicyclic) bond motifs is 1. The van der Waals surface area contributed by atoms with E-state index in [2.05, 4.69) is 9.47 Å². The van der Waals surface area contributed by atoms with E-state index in [0.29, 0.717) is 0 Å². The topological polar surface area (TPSA) is 18.5 Å². The number of ether oxygens (including phenoxy) is 2. The Kier molecular flexibility index (Phi) is 1.61. The lowest BCUT2D eigenvalue weighted by molar-refractivity contribution is -0.242. The van der Waals surface area contributed by atoms with Crippen molar-refractivity contribution in [3.05, 3.63) is 24.3 Å². The van der Waals surface area contributed by atoms with Gasteiger partial charge in [-0.2, -0.15) is 13.2 Å². The van der Waals surface area contributed by atoms with Gasteiger partial charge in [0.15, 0.2) is 11.5 Å². The standard InChI is InChI=1S/C8H5F3O2/c9-8(10,11)7-12-5-3-1-2-4-6(5)13-7/h1-4,7H. The molecular formula is C8H5F3O2. The number of halogens is 3. The molecule has 0 unspecified atom stereocenters. The van der Waals surface area contributed by atoms with Gasteiger partial charge in [0.1, 0.15) is 0 Å². The van der Waals surface area contributed by atoms with Crippen molar-refractivity contribution in [1.82, 2.24) is 0 Å². The highest BCUT2D eigenvalue weighted by Crippen LogP contribution is 2.39. The first-order valence-electron chi connectivity index (χ1n) is 3.56.